The molecule has 2 heteroatoms. The van der Waals surface area contributed by atoms with Crippen molar-refractivity contribution in [1.29, 1.82) is 0 Å². The van der Waals surface area contributed by atoms with E-state index in [0.29, 0.717) is 0 Å². The third kappa shape index (κ3) is 3.58. The van der Waals surface area contributed by atoms with Crippen LogP contribution in [-0.2, 0) is 16.6 Å². The van der Waals surface area contributed by atoms with Crippen molar-refractivity contribution in [3.8, 4) is 0 Å². The van der Waals surface area contributed by atoms with Crippen LogP contribution in [0.4, 0.5) is 0 Å². The molecule has 0 heterocycles. The maximum atomic E-state index is 11.1. The van der Waals surface area contributed by atoms with Crippen LogP contribution in [0.1, 0.15) is 51.2 Å². The first-order valence-corrected chi connectivity index (χ1v) is 6.29. The van der Waals surface area contributed by atoms with Crippen molar-refractivity contribution in [2.75, 3.05) is 0 Å². The van der Waals surface area contributed by atoms with Crippen LogP contribution in [0.3, 0.4) is 0 Å². The molecule has 17 heavy (non-hydrogen) atoms. The van der Waals surface area contributed by atoms with Gasteiger partial charge in [0.2, 0.25) is 0 Å². The van der Waals surface area contributed by atoms with Crippen molar-refractivity contribution >= 4 is 5.97 Å². The van der Waals surface area contributed by atoms with Gasteiger partial charge >= 0.3 is 0 Å². The van der Waals surface area contributed by atoms with Gasteiger partial charge in [-0.3, -0.25) is 0 Å². The van der Waals surface area contributed by atoms with Gasteiger partial charge in [0.05, 0.1) is 5.97 Å². The molecule has 0 aliphatic carbocycles. The summed E-state index contributed by atoms with van der Waals surface area (Å²) in [7, 11) is 0. The van der Waals surface area contributed by atoms with Gasteiger partial charge in [-0.05, 0) is 24.0 Å². The number of rotatable bonds is 6. The summed E-state index contributed by atoms with van der Waals surface area (Å²) in [6.07, 6.45) is 4.59. The predicted octanol–water partition coefficient (Wildman–Crippen LogP) is 2.45. The highest BCUT2D eigenvalue weighted by Crippen LogP contribution is 2.23. The lowest BCUT2D eigenvalue weighted by atomic mass is 9.83. The molecule has 0 unspecified atom stereocenters. The van der Waals surface area contributed by atoms with E-state index in [-0.39, 0.29) is 0 Å². The maximum Gasteiger partial charge on any atom is 0.0514 e. The van der Waals surface area contributed by atoms with Crippen molar-refractivity contribution in [3.05, 3.63) is 35.4 Å². The standard InChI is InChI=1S/C15H22O2/c1-4-5-6-8-12-9-7-10-13(11-12)15(2,3)14(16)17/h7,9-11H,4-6,8H2,1-3H3,(H,16,17)/p-1. The van der Waals surface area contributed by atoms with Gasteiger partial charge in [0.15, 0.2) is 0 Å². The van der Waals surface area contributed by atoms with Gasteiger partial charge in [-0.25, -0.2) is 0 Å². The largest absolute Gasteiger partial charge is 0.549 e. The van der Waals surface area contributed by atoms with Crippen molar-refractivity contribution in [3.63, 3.8) is 0 Å². The van der Waals surface area contributed by atoms with Crippen molar-refractivity contribution in [2.45, 2.75) is 51.9 Å². The fourth-order valence-electron chi connectivity index (χ4n) is 1.81. The lowest BCUT2D eigenvalue weighted by molar-refractivity contribution is -0.312. The number of carboxylic acids is 1. The Balaban J connectivity index is 2.82. The number of unbranched alkanes of at least 4 members (excludes halogenated alkanes) is 2. The zero-order chi connectivity index (χ0) is 12.9. The van der Waals surface area contributed by atoms with Crippen molar-refractivity contribution in [1.82, 2.24) is 0 Å². The molecule has 0 N–H and O–H groups in total. The molecule has 0 spiro atoms. The smallest absolute Gasteiger partial charge is 0.0514 e. The van der Waals surface area contributed by atoms with Gasteiger partial charge in [-0.2, -0.15) is 0 Å². The fourth-order valence-corrected chi connectivity index (χ4v) is 1.81. The summed E-state index contributed by atoms with van der Waals surface area (Å²) in [5, 5.41) is 11.1. The van der Waals surface area contributed by atoms with Crippen LogP contribution in [0.5, 0.6) is 0 Å². The molecule has 1 aromatic rings. The van der Waals surface area contributed by atoms with Crippen LogP contribution in [0, 0.1) is 0 Å². The lowest BCUT2D eigenvalue weighted by Gasteiger charge is -2.26. The minimum absolute atomic E-state index is 0.825. The van der Waals surface area contributed by atoms with Gasteiger partial charge in [-0.15, -0.1) is 0 Å². The molecule has 0 bridgehead atoms. The van der Waals surface area contributed by atoms with E-state index < -0.39 is 11.4 Å². The van der Waals surface area contributed by atoms with Crippen LogP contribution in [0.25, 0.3) is 0 Å². The summed E-state index contributed by atoms with van der Waals surface area (Å²) in [4.78, 5) is 11.1. The molecule has 2 nitrogen and oxygen atoms in total. The normalized spacial score (nSPS) is 11.5. The molecular weight excluding hydrogens is 212 g/mol. The number of carboxylic acid groups (broad SMARTS) is 1. The Morgan fingerprint density at radius 3 is 2.59 bits per heavy atom. The molecule has 0 saturated carbocycles. The van der Waals surface area contributed by atoms with Crippen LogP contribution in [0.2, 0.25) is 0 Å². The average molecular weight is 233 g/mol. The maximum absolute atomic E-state index is 11.1. The Morgan fingerprint density at radius 2 is 2.00 bits per heavy atom. The van der Waals surface area contributed by atoms with E-state index in [9.17, 15) is 9.90 Å². The first kappa shape index (κ1) is 13.8. The second-order valence-corrected chi connectivity index (χ2v) is 5.07. The number of hydrogen-bond donors (Lipinski definition) is 0. The Kier molecular flexibility index (Phi) is 4.73. The van der Waals surface area contributed by atoms with Crippen LogP contribution in [0.15, 0.2) is 24.3 Å². The average Bonchev–Trinajstić information content (AvgIpc) is 2.29. The summed E-state index contributed by atoms with van der Waals surface area (Å²) in [5.74, 6) is -1.02. The Morgan fingerprint density at radius 1 is 1.29 bits per heavy atom. The van der Waals surface area contributed by atoms with E-state index in [0.717, 1.165) is 18.4 Å². The molecule has 0 aliphatic rings. The quantitative estimate of drug-likeness (QED) is 0.708. The first-order valence-electron chi connectivity index (χ1n) is 6.29. The van der Waals surface area contributed by atoms with Gasteiger partial charge in [0.25, 0.3) is 0 Å². The third-order valence-electron chi connectivity index (χ3n) is 3.23. The summed E-state index contributed by atoms with van der Waals surface area (Å²) in [6, 6.07) is 7.84. The van der Waals surface area contributed by atoms with E-state index >= 15 is 0 Å². The number of carbonyl (C=O) groups excluding carboxylic acids is 1. The monoisotopic (exact) mass is 233 g/mol. The highest BCUT2D eigenvalue weighted by molar-refractivity contribution is 5.78. The van der Waals surface area contributed by atoms with E-state index in [1.165, 1.54) is 18.4 Å². The summed E-state index contributed by atoms with van der Waals surface area (Å²) < 4.78 is 0. The summed E-state index contributed by atoms with van der Waals surface area (Å²) >= 11 is 0. The van der Waals surface area contributed by atoms with E-state index in [4.69, 9.17) is 0 Å². The summed E-state index contributed by atoms with van der Waals surface area (Å²) in [5.41, 5.74) is 1.12. The molecule has 94 valence electrons. The molecule has 0 aliphatic heterocycles. The van der Waals surface area contributed by atoms with Gasteiger partial charge in [0.1, 0.15) is 0 Å². The molecule has 0 radical (unpaired) electrons. The van der Waals surface area contributed by atoms with Gasteiger partial charge in [0, 0.05) is 5.41 Å². The molecule has 0 atom stereocenters. The molecule has 0 aromatic heterocycles. The zero-order valence-corrected chi connectivity index (χ0v) is 11.0. The SMILES string of the molecule is CCCCCc1cccc(C(C)(C)C(=O)[O-])c1. The second-order valence-electron chi connectivity index (χ2n) is 5.07. The molecule has 0 amide bonds. The molecule has 1 aromatic carbocycles. The summed E-state index contributed by atoms with van der Waals surface area (Å²) in [6.45, 7) is 5.55. The van der Waals surface area contributed by atoms with Crippen LogP contribution >= 0.6 is 0 Å². The number of aliphatic carboxylic acids is 1. The number of aryl methyl sites for hydroxylation is 1. The van der Waals surface area contributed by atoms with E-state index in [2.05, 4.69) is 13.0 Å². The fraction of sp³-hybridized carbons (Fsp3) is 0.533. The van der Waals surface area contributed by atoms with Crippen LogP contribution in [-0.4, -0.2) is 5.97 Å². The minimum atomic E-state index is -1.02. The van der Waals surface area contributed by atoms with Crippen molar-refractivity contribution < 1.29 is 9.90 Å². The lowest BCUT2D eigenvalue weighted by Crippen LogP contribution is -2.41. The predicted molar refractivity (Wildman–Crippen MR) is 67.7 cm³/mol. The zero-order valence-electron chi connectivity index (χ0n) is 11.0. The molecular formula is C15H21O2-. The van der Waals surface area contributed by atoms with Gasteiger partial charge in [-0.1, -0.05) is 57.9 Å². The number of hydrogen-bond acceptors (Lipinski definition) is 2. The Labute approximate surface area is 104 Å². The topological polar surface area (TPSA) is 40.1 Å². The molecule has 1 rings (SSSR count). The molecule has 0 fully saturated rings. The number of benzene rings is 1. The van der Waals surface area contributed by atoms with E-state index in [1.54, 1.807) is 13.8 Å². The Hall–Kier alpha value is -1.31. The highest BCUT2D eigenvalue weighted by Gasteiger charge is 2.21. The minimum Gasteiger partial charge on any atom is -0.549 e. The van der Waals surface area contributed by atoms with Crippen LogP contribution < -0.4 is 5.11 Å². The van der Waals surface area contributed by atoms with Crippen molar-refractivity contribution in [2.24, 2.45) is 0 Å². The highest BCUT2D eigenvalue weighted by atomic mass is 16.4. The van der Waals surface area contributed by atoms with Gasteiger partial charge < -0.3 is 9.90 Å². The first-order chi connectivity index (χ1) is 7.98. The molecule has 0 saturated heterocycles. The Bertz CT molecular complexity index is 380. The van der Waals surface area contributed by atoms with E-state index in [1.807, 2.05) is 18.2 Å². The number of carbonyl (C=O) groups is 1. The second kappa shape index (κ2) is 5.85. The third-order valence-corrected chi connectivity index (χ3v) is 3.23.